The molecule has 0 fully saturated rings. The highest BCUT2D eigenvalue weighted by Crippen LogP contribution is 2.47. The molecule has 3 nitrogen and oxygen atoms in total. The molecule has 0 aliphatic rings. The van der Waals surface area contributed by atoms with E-state index in [1.165, 1.54) is 12.2 Å². The predicted molar refractivity (Wildman–Crippen MR) is 50.4 cm³/mol. The molecule has 0 radical (unpaired) electrons. The summed E-state index contributed by atoms with van der Waals surface area (Å²) < 4.78 is 21.6. The van der Waals surface area contributed by atoms with Gasteiger partial charge in [-0.05, 0) is 6.92 Å². The van der Waals surface area contributed by atoms with Crippen molar-refractivity contribution in [3.63, 3.8) is 0 Å². The lowest BCUT2D eigenvalue weighted by atomic mass is 10.7. The first-order chi connectivity index (χ1) is 5.68. The SMILES string of the molecule is C=CCO[P@@](=O)(CC=C)OCC. The van der Waals surface area contributed by atoms with Crippen LogP contribution in [-0.4, -0.2) is 19.4 Å². The quantitative estimate of drug-likeness (QED) is 0.457. The van der Waals surface area contributed by atoms with Gasteiger partial charge in [0, 0.05) is 0 Å². The summed E-state index contributed by atoms with van der Waals surface area (Å²) in [6, 6.07) is 0. The van der Waals surface area contributed by atoms with Crippen LogP contribution in [0.15, 0.2) is 25.3 Å². The Morgan fingerprint density at radius 2 is 2.00 bits per heavy atom. The van der Waals surface area contributed by atoms with Crippen LogP contribution < -0.4 is 0 Å². The summed E-state index contributed by atoms with van der Waals surface area (Å²) in [4.78, 5) is 0. The molecular weight excluding hydrogens is 175 g/mol. The monoisotopic (exact) mass is 190 g/mol. The highest BCUT2D eigenvalue weighted by molar-refractivity contribution is 7.54. The van der Waals surface area contributed by atoms with Crippen LogP contribution in [0, 0.1) is 0 Å². The summed E-state index contributed by atoms with van der Waals surface area (Å²) in [7, 11) is -2.93. The Kier molecular flexibility index (Phi) is 5.99. The van der Waals surface area contributed by atoms with Gasteiger partial charge in [-0.1, -0.05) is 12.2 Å². The Bertz CT molecular complexity index is 189. The maximum Gasteiger partial charge on any atom is 0.334 e. The van der Waals surface area contributed by atoms with E-state index in [1.807, 2.05) is 0 Å². The molecule has 0 heterocycles. The molecule has 12 heavy (non-hydrogen) atoms. The molecule has 0 aliphatic heterocycles. The molecule has 0 aliphatic carbocycles. The van der Waals surface area contributed by atoms with Gasteiger partial charge < -0.3 is 9.05 Å². The third-order valence-electron chi connectivity index (χ3n) is 1.07. The van der Waals surface area contributed by atoms with Gasteiger partial charge in [0.05, 0.1) is 19.4 Å². The van der Waals surface area contributed by atoms with Crippen molar-refractivity contribution < 1.29 is 13.6 Å². The fraction of sp³-hybridized carbons (Fsp3) is 0.500. The average molecular weight is 190 g/mol. The van der Waals surface area contributed by atoms with E-state index < -0.39 is 7.60 Å². The summed E-state index contributed by atoms with van der Waals surface area (Å²) in [5.74, 6) is 0. The van der Waals surface area contributed by atoms with Crippen LogP contribution in [-0.2, 0) is 13.6 Å². The number of allylic oxidation sites excluding steroid dienone is 1. The summed E-state index contributed by atoms with van der Waals surface area (Å²) in [6.45, 7) is 9.32. The van der Waals surface area contributed by atoms with Gasteiger partial charge in [-0.25, -0.2) is 0 Å². The standard InChI is InChI=1S/C8H15O3P/c1-4-7-11-12(9,8-5-2)10-6-3/h4-5H,1-2,6-8H2,3H3/t12-/m1/s1. The van der Waals surface area contributed by atoms with E-state index in [2.05, 4.69) is 13.2 Å². The smallest absolute Gasteiger partial charge is 0.309 e. The van der Waals surface area contributed by atoms with Crippen LogP contribution in [0.25, 0.3) is 0 Å². The van der Waals surface area contributed by atoms with Gasteiger partial charge in [0.2, 0.25) is 0 Å². The van der Waals surface area contributed by atoms with Crippen LogP contribution in [0.2, 0.25) is 0 Å². The largest absolute Gasteiger partial charge is 0.334 e. The molecule has 0 N–H and O–H groups in total. The molecule has 0 bridgehead atoms. The Balaban J connectivity index is 4.07. The Labute approximate surface area is 73.6 Å². The molecule has 4 heteroatoms. The Hall–Kier alpha value is -0.370. The fourth-order valence-corrected chi connectivity index (χ4v) is 1.99. The second kappa shape index (κ2) is 6.18. The van der Waals surface area contributed by atoms with Gasteiger partial charge >= 0.3 is 7.60 Å². The molecule has 0 unspecified atom stereocenters. The van der Waals surface area contributed by atoms with Crippen molar-refractivity contribution in [3.8, 4) is 0 Å². The van der Waals surface area contributed by atoms with Crippen molar-refractivity contribution in [1.82, 2.24) is 0 Å². The third-order valence-corrected chi connectivity index (χ3v) is 2.97. The summed E-state index contributed by atoms with van der Waals surface area (Å²) in [5.41, 5.74) is 0. The van der Waals surface area contributed by atoms with Crippen molar-refractivity contribution in [3.05, 3.63) is 25.3 Å². The molecule has 1 atom stereocenters. The zero-order valence-corrected chi connectivity index (χ0v) is 8.26. The van der Waals surface area contributed by atoms with E-state index in [4.69, 9.17) is 9.05 Å². The highest BCUT2D eigenvalue weighted by Gasteiger charge is 2.20. The predicted octanol–water partition coefficient (Wildman–Crippen LogP) is 2.60. The summed E-state index contributed by atoms with van der Waals surface area (Å²) in [6.07, 6.45) is 3.31. The first-order valence-electron chi connectivity index (χ1n) is 3.78. The molecule has 0 saturated heterocycles. The van der Waals surface area contributed by atoms with Gasteiger partial charge in [0.25, 0.3) is 0 Å². The van der Waals surface area contributed by atoms with Gasteiger partial charge in [-0.2, -0.15) is 0 Å². The van der Waals surface area contributed by atoms with E-state index in [0.717, 1.165) is 0 Å². The molecule has 0 amide bonds. The van der Waals surface area contributed by atoms with Crippen molar-refractivity contribution >= 4 is 7.60 Å². The van der Waals surface area contributed by atoms with Gasteiger partial charge in [-0.15, -0.1) is 13.2 Å². The fourth-order valence-electron chi connectivity index (χ4n) is 0.664. The first kappa shape index (κ1) is 11.6. The molecule has 0 aromatic rings. The number of hydrogen-bond donors (Lipinski definition) is 0. The zero-order valence-electron chi connectivity index (χ0n) is 7.36. The second-order valence-electron chi connectivity index (χ2n) is 2.08. The lowest BCUT2D eigenvalue weighted by Gasteiger charge is -2.14. The normalized spacial score (nSPS) is 15.1. The molecule has 0 aromatic carbocycles. The van der Waals surface area contributed by atoms with E-state index in [-0.39, 0.29) is 12.8 Å². The second-order valence-corrected chi connectivity index (χ2v) is 4.19. The maximum absolute atomic E-state index is 11.6. The van der Waals surface area contributed by atoms with Crippen LogP contribution in [0.1, 0.15) is 6.92 Å². The van der Waals surface area contributed by atoms with E-state index in [0.29, 0.717) is 6.61 Å². The number of rotatable bonds is 7. The van der Waals surface area contributed by atoms with Crippen molar-refractivity contribution in [2.24, 2.45) is 0 Å². The lowest BCUT2D eigenvalue weighted by Crippen LogP contribution is -1.98. The van der Waals surface area contributed by atoms with E-state index in [9.17, 15) is 4.57 Å². The van der Waals surface area contributed by atoms with Gasteiger partial charge in [-0.3, -0.25) is 4.57 Å². The first-order valence-corrected chi connectivity index (χ1v) is 5.51. The molecule has 0 aromatic heterocycles. The minimum atomic E-state index is -2.93. The molecule has 0 saturated carbocycles. The van der Waals surface area contributed by atoms with Gasteiger partial charge in [0.15, 0.2) is 0 Å². The summed E-state index contributed by atoms with van der Waals surface area (Å²) in [5, 5.41) is 0. The van der Waals surface area contributed by atoms with E-state index in [1.54, 1.807) is 6.92 Å². The Morgan fingerprint density at radius 3 is 2.42 bits per heavy atom. The molecule has 70 valence electrons. The molecular formula is C8H15O3P. The van der Waals surface area contributed by atoms with Crippen LogP contribution in [0.3, 0.4) is 0 Å². The molecule has 0 spiro atoms. The minimum Gasteiger partial charge on any atom is -0.309 e. The molecule has 0 rings (SSSR count). The van der Waals surface area contributed by atoms with Crippen molar-refractivity contribution in [2.75, 3.05) is 19.4 Å². The van der Waals surface area contributed by atoms with Crippen molar-refractivity contribution in [2.45, 2.75) is 6.92 Å². The van der Waals surface area contributed by atoms with Gasteiger partial charge in [0.1, 0.15) is 0 Å². The lowest BCUT2D eigenvalue weighted by molar-refractivity contribution is 0.230. The van der Waals surface area contributed by atoms with Crippen molar-refractivity contribution in [1.29, 1.82) is 0 Å². The topological polar surface area (TPSA) is 35.5 Å². The minimum absolute atomic E-state index is 0.241. The van der Waals surface area contributed by atoms with Crippen LogP contribution in [0.4, 0.5) is 0 Å². The number of hydrogen-bond acceptors (Lipinski definition) is 3. The van der Waals surface area contributed by atoms with E-state index >= 15 is 0 Å². The Morgan fingerprint density at radius 1 is 1.33 bits per heavy atom. The highest BCUT2D eigenvalue weighted by atomic mass is 31.2. The zero-order chi connectivity index (χ0) is 9.45. The maximum atomic E-state index is 11.6. The van der Waals surface area contributed by atoms with Crippen LogP contribution >= 0.6 is 7.60 Å². The van der Waals surface area contributed by atoms with Crippen LogP contribution in [0.5, 0.6) is 0 Å². The summed E-state index contributed by atoms with van der Waals surface area (Å²) >= 11 is 0. The third kappa shape index (κ3) is 4.50. The average Bonchev–Trinajstić information content (AvgIpc) is 2.02.